The van der Waals surface area contributed by atoms with Crippen LogP contribution < -0.4 is 10.6 Å². The largest absolute Gasteiger partial charge is 0.395 e. The lowest BCUT2D eigenvalue weighted by molar-refractivity contribution is 0.311. The number of anilines is 2. The van der Waals surface area contributed by atoms with E-state index in [1.54, 1.807) is 0 Å². The van der Waals surface area contributed by atoms with Crippen LogP contribution in [0.5, 0.6) is 0 Å². The van der Waals surface area contributed by atoms with Gasteiger partial charge in [-0.3, -0.25) is 0 Å². The summed E-state index contributed by atoms with van der Waals surface area (Å²) in [4.78, 5) is 11.7. The second kappa shape index (κ2) is 6.02. The fraction of sp³-hybridized carbons (Fsp3) is 0.333. The quantitative estimate of drug-likeness (QED) is 0.615. The minimum Gasteiger partial charge on any atom is -0.395 e. The van der Waals surface area contributed by atoms with E-state index in [2.05, 4.69) is 25.6 Å². The molecule has 0 aliphatic heterocycles. The molecule has 2 heterocycles. The molecule has 2 rings (SSSR count). The Hall–Kier alpha value is -2.08. The predicted molar refractivity (Wildman–Crippen MR) is 70.5 cm³/mol. The number of nitrogens with zero attached hydrogens (tertiary/aromatic N) is 2. The van der Waals surface area contributed by atoms with Crippen LogP contribution in [0.4, 0.5) is 11.6 Å². The monoisotopic (exact) mass is 247 g/mol. The van der Waals surface area contributed by atoms with Gasteiger partial charge in [0.05, 0.1) is 13.2 Å². The van der Waals surface area contributed by atoms with Crippen molar-refractivity contribution in [3.8, 4) is 0 Å². The normalized spacial score (nSPS) is 10.3. The maximum Gasteiger partial charge on any atom is 0.132 e. The number of aliphatic hydroxyl groups excluding tert-OH is 1. The maximum absolute atomic E-state index is 8.77. The molecule has 0 atom stereocenters. The Morgan fingerprint density at radius 3 is 2.72 bits per heavy atom. The summed E-state index contributed by atoms with van der Waals surface area (Å²) in [6, 6.07) is 5.79. The van der Waals surface area contributed by atoms with E-state index < -0.39 is 0 Å². The van der Waals surface area contributed by atoms with E-state index >= 15 is 0 Å². The lowest BCUT2D eigenvalue weighted by Crippen LogP contribution is -2.10. The third-order valence-electron chi connectivity index (χ3n) is 2.38. The zero-order valence-corrected chi connectivity index (χ0v) is 10.3. The summed E-state index contributed by atoms with van der Waals surface area (Å²) < 4.78 is 0. The molecular weight excluding hydrogens is 230 g/mol. The topological polar surface area (TPSA) is 85.9 Å². The third kappa shape index (κ3) is 3.46. The Bertz CT molecular complexity index is 483. The number of hydrogen-bond donors (Lipinski definition) is 4. The average molecular weight is 247 g/mol. The van der Waals surface area contributed by atoms with E-state index in [1.807, 2.05) is 31.3 Å². The van der Waals surface area contributed by atoms with Crippen LogP contribution in [0.3, 0.4) is 0 Å². The first kappa shape index (κ1) is 12.4. The molecule has 0 spiro atoms. The van der Waals surface area contributed by atoms with Gasteiger partial charge in [-0.25, -0.2) is 9.97 Å². The highest BCUT2D eigenvalue weighted by atomic mass is 16.3. The van der Waals surface area contributed by atoms with E-state index in [1.165, 1.54) is 0 Å². The third-order valence-corrected chi connectivity index (χ3v) is 2.38. The second-order valence-corrected chi connectivity index (χ2v) is 3.88. The number of H-pyrrole nitrogens is 1. The Kier molecular flexibility index (Phi) is 4.14. The summed E-state index contributed by atoms with van der Waals surface area (Å²) in [5.41, 5.74) is 1.09. The zero-order valence-electron chi connectivity index (χ0n) is 10.3. The summed E-state index contributed by atoms with van der Waals surface area (Å²) in [6.07, 6.45) is 1.89. The van der Waals surface area contributed by atoms with Crippen molar-refractivity contribution >= 4 is 11.6 Å². The van der Waals surface area contributed by atoms with Crippen LogP contribution in [0.25, 0.3) is 0 Å². The van der Waals surface area contributed by atoms with Gasteiger partial charge in [-0.2, -0.15) is 0 Å². The van der Waals surface area contributed by atoms with Crippen molar-refractivity contribution in [2.24, 2.45) is 0 Å². The van der Waals surface area contributed by atoms with Crippen LogP contribution >= 0.6 is 0 Å². The molecule has 96 valence electrons. The first-order chi connectivity index (χ1) is 8.78. The van der Waals surface area contributed by atoms with Crippen molar-refractivity contribution in [2.75, 3.05) is 23.8 Å². The van der Waals surface area contributed by atoms with Crippen LogP contribution in [0.2, 0.25) is 0 Å². The van der Waals surface area contributed by atoms with E-state index in [-0.39, 0.29) is 6.61 Å². The van der Waals surface area contributed by atoms with Gasteiger partial charge in [0.15, 0.2) is 0 Å². The first-order valence-electron chi connectivity index (χ1n) is 5.84. The molecule has 4 N–H and O–H groups in total. The first-order valence-corrected chi connectivity index (χ1v) is 5.84. The SMILES string of the molecule is Cc1nc(NCCO)cc(NCc2ccc[nH]2)n1. The van der Waals surface area contributed by atoms with Gasteiger partial charge in [0.1, 0.15) is 17.5 Å². The molecule has 0 saturated carbocycles. The Labute approximate surface area is 105 Å². The van der Waals surface area contributed by atoms with Crippen molar-refractivity contribution in [1.82, 2.24) is 15.0 Å². The van der Waals surface area contributed by atoms with Gasteiger partial charge >= 0.3 is 0 Å². The van der Waals surface area contributed by atoms with Gasteiger partial charge in [-0.15, -0.1) is 0 Å². The van der Waals surface area contributed by atoms with Gasteiger partial charge in [-0.1, -0.05) is 0 Å². The molecule has 18 heavy (non-hydrogen) atoms. The maximum atomic E-state index is 8.77. The highest BCUT2D eigenvalue weighted by molar-refractivity contribution is 5.47. The second-order valence-electron chi connectivity index (χ2n) is 3.88. The Balaban J connectivity index is 2.00. The summed E-state index contributed by atoms with van der Waals surface area (Å²) >= 11 is 0. The number of rotatable bonds is 6. The van der Waals surface area contributed by atoms with Gasteiger partial charge in [-0.05, 0) is 19.1 Å². The molecule has 0 fully saturated rings. The van der Waals surface area contributed by atoms with Crippen LogP contribution in [0, 0.1) is 6.92 Å². The molecule has 0 aromatic carbocycles. The van der Waals surface area contributed by atoms with Crippen molar-refractivity contribution in [2.45, 2.75) is 13.5 Å². The number of hydrogen-bond acceptors (Lipinski definition) is 5. The van der Waals surface area contributed by atoms with E-state index in [9.17, 15) is 0 Å². The summed E-state index contributed by atoms with van der Waals surface area (Å²) in [6.45, 7) is 3.08. The fourth-order valence-electron chi connectivity index (χ4n) is 1.60. The number of nitrogens with one attached hydrogen (secondary N) is 3. The predicted octanol–water partition coefficient (Wildman–Crippen LogP) is 1.13. The van der Waals surface area contributed by atoms with Crippen molar-refractivity contribution in [3.63, 3.8) is 0 Å². The molecule has 0 unspecified atom stereocenters. The van der Waals surface area contributed by atoms with E-state index in [4.69, 9.17) is 5.11 Å². The van der Waals surface area contributed by atoms with Gasteiger partial charge in [0, 0.05) is 24.5 Å². The van der Waals surface area contributed by atoms with Gasteiger partial charge in [0.25, 0.3) is 0 Å². The zero-order chi connectivity index (χ0) is 12.8. The van der Waals surface area contributed by atoms with Crippen LogP contribution in [-0.4, -0.2) is 33.2 Å². The minimum atomic E-state index is 0.0777. The molecule has 6 heteroatoms. The highest BCUT2D eigenvalue weighted by Crippen LogP contribution is 2.11. The molecule has 2 aromatic rings. The van der Waals surface area contributed by atoms with Crippen LogP contribution in [0.1, 0.15) is 11.5 Å². The lowest BCUT2D eigenvalue weighted by Gasteiger charge is -2.09. The highest BCUT2D eigenvalue weighted by Gasteiger charge is 2.01. The molecule has 0 aliphatic rings. The van der Waals surface area contributed by atoms with Crippen molar-refractivity contribution in [1.29, 1.82) is 0 Å². The minimum absolute atomic E-state index is 0.0777. The molecule has 6 nitrogen and oxygen atoms in total. The van der Waals surface area contributed by atoms with Gasteiger partial charge in [0.2, 0.25) is 0 Å². The number of aromatic nitrogens is 3. The Morgan fingerprint density at radius 1 is 1.28 bits per heavy atom. The standard InChI is InChI=1S/C12H17N5O/c1-9-16-11(14-5-6-18)7-12(17-9)15-8-10-3-2-4-13-10/h2-4,7,13,18H,5-6,8H2,1H3,(H2,14,15,16,17). The Morgan fingerprint density at radius 2 is 2.06 bits per heavy atom. The number of aromatic amines is 1. The van der Waals surface area contributed by atoms with E-state index in [0.717, 1.165) is 11.5 Å². The van der Waals surface area contributed by atoms with E-state index in [0.29, 0.717) is 24.7 Å². The van der Waals surface area contributed by atoms with Gasteiger partial charge < -0.3 is 20.7 Å². The molecule has 0 amide bonds. The fourth-order valence-corrected chi connectivity index (χ4v) is 1.60. The smallest absolute Gasteiger partial charge is 0.132 e. The lowest BCUT2D eigenvalue weighted by atomic mass is 10.4. The summed E-state index contributed by atoms with van der Waals surface area (Å²) in [5, 5.41) is 15.0. The van der Waals surface area contributed by atoms with Crippen LogP contribution in [0.15, 0.2) is 24.4 Å². The molecular formula is C12H17N5O. The summed E-state index contributed by atoms with van der Waals surface area (Å²) in [7, 11) is 0. The molecule has 0 bridgehead atoms. The van der Waals surface area contributed by atoms with Crippen molar-refractivity contribution in [3.05, 3.63) is 35.9 Å². The average Bonchev–Trinajstić information content (AvgIpc) is 2.86. The number of aliphatic hydroxyl groups is 1. The van der Waals surface area contributed by atoms with Crippen LogP contribution in [-0.2, 0) is 6.54 Å². The molecule has 0 radical (unpaired) electrons. The molecule has 0 saturated heterocycles. The molecule has 2 aromatic heterocycles. The summed E-state index contributed by atoms with van der Waals surface area (Å²) in [5.74, 6) is 2.16. The van der Waals surface area contributed by atoms with Crippen molar-refractivity contribution < 1.29 is 5.11 Å². The number of aryl methyl sites for hydroxylation is 1. The molecule has 0 aliphatic carbocycles.